The van der Waals surface area contributed by atoms with Crippen LogP contribution in [0.3, 0.4) is 0 Å². The topological polar surface area (TPSA) is 52.6 Å². The monoisotopic (exact) mass is 446 g/mol. The molecule has 0 atom stereocenters. The van der Waals surface area contributed by atoms with Gasteiger partial charge in [-0.1, -0.05) is 108 Å². The van der Waals surface area contributed by atoms with Gasteiger partial charge in [-0.15, -0.1) is 0 Å². The van der Waals surface area contributed by atoms with E-state index >= 15 is 0 Å². The molecule has 0 saturated heterocycles. The van der Waals surface area contributed by atoms with Crippen molar-refractivity contribution in [2.24, 2.45) is 0 Å². The minimum atomic E-state index is -0.153. The Bertz CT molecular complexity index is 570. The van der Waals surface area contributed by atoms with Gasteiger partial charge in [0.1, 0.15) is 0 Å². The van der Waals surface area contributed by atoms with Crippen molar-refractivity contribution < 1.29 is 19.1 Å². The highest BCUT2D eigenvalue weighted by molar-refractivity contribution is 5.69. The number of carbonyl (C=O) groups is 2. The number of carbonyl (C=O) groups excluding carboxylic acids is 2. The van der Waals surface area contributed by atoms with Gasteiger partial charge in [0.15, 0.2) is 0 Å². The van der Waals surface area contributed by atoms with Crippen LogP contribution in [0.15, 0.2) is 30.3 Å². The SMILES string of the molecule is CCCCCCCCCCCCCOC(=O)CCCCCC(=O)OCCc1ccccc1. The van der Waals surface area contributed by atoms with Crippen LogP contribution in [-0.2, 0) is 25.5 Å². The van der Waals surface area contributed by atoms with Gasteiger partial charge in [-0.25, -0.2) is 0 Å². The summed E-state index contributed by atoms with van der Waals surface area (Å²) in [7, 11) is 0. The summed E-state index contributed by atoms with van der Waals surface area (Å²) in [6.07, 6.45) is 18.2. The lowest BCUT2D eigenvalue weighted by molar-refractivity contribution is -0.144. The van der Waals surface area contributed by atoms with E-state index in [9.17, 15) is 9.59 Å². The van der Waals surface area contributed by atoms with Crippen LogP contribution in [0, 0.1) is 0 Å². The van der Waals surface area contributed by atoms with Crippen LogP contribution >= 0.6 is 0 Å². The average Bonchev–Trinajstić information content (AvgIpc) is 2.80. The largest absolute Gasteiger partial charge is 0.466 e. The second-order valence-electron chi connectivity index (χ2n) is 8.77. The van der Waals surface area contributed by atoms with Gasteiger partial charge >= 0.3 is 11.9 Å². The third-order valence-corrected chi connectivity index (χ3v) is 5.77. The summed E-state index contributed by atoms with van der Waals surface area (Å²) in [5.41, 5.74) is 1.17. The van der Waals surface area contributed by atoms with E-state index in [-0.39, 0.29) is 11.9 Å². The molecular formula is C28H46O4. The molecule has 4 nitrogen and oxygen atoms in total. The number of hydrogen-bond donors (Lipinski definition) is 0. The molecule has 0 fully saturated rings. The van der Waals surface area contributed by atoms with Crippen molar-refractivity contribution in [3.8, 4) is 0 Å². The number of benzene rings is 1. The molecule has 0 unspecified atom stereocenters. The fourth-order valence-electron chi connectivity index (χ4n) is 3.74. The maximum Gasteiger partial charge on any atom is 0.305 e. The molecule has 4 heteroatoms. The molecule has 0 aliphatic rings. The maximum absolute atomic E-state index is 11.8. The zero-order chi connectivity index (χ0) is 23.1. The van der Waals surface area contributed by atoms with Crippen LogP contribution in [0.4, 0.5) is 0 Å². The molecule has 0 radical (unpaired) electrons. The number of unbranched alkanes of at least 4 members (excludes halogenated alkanes) is 12. The number of ether oxygens (including phenoxy) is 2. The van der Waals surface area contributed by atoms with Gasteiger partial charge in [0.25, 0.3) is 0 Å². The Morgan fingerprint density at radius 1 is 0.594 bits per heavy atom. The number of hydrogen-bond acceptors (Lipinski definition) is 4. The Morgan fingerprint density at radius 2 is 1.06 bits per heavy atom. The van der Waals surface area contributed by atoms with Crippen molar-refractivity contribution in [1.82, 2.24) is 0 Å². The molecule has 182 valence electrons. The van der Waals surface area contributed by atoms with E-state index in [4.69, 9.17) is 9.47 Å². The summed E-state index contributed by atoms with van der Waals surface area (Å²) in [6.45, 7) is 3.23. The summed E-state index contributed by atoms with van der Waals surface area (Å²) in [5, 5.41) is 0. The minimum absolute atomic E-state index is 0.109. The molecule has 1 rings (SSSR count). The van der Waals surface area contributed by atoms with Gasteiger partial charge in [-0.05, 0) is 24.8 Å². The van der Waals surface area contributed by atoms with Crippen LogP contribution < -0.4 is 0 Å². The molecule has 1 aromatic carbocycles. The highest BCUT2D eigenvalue weighted by Crippen LogP contribution is 2.11. The van der Waals surface area contributed by atoms with Crippen molar-refractivity contribution >= 4 is 11.9 Å². The van der Waals surface area contributed by atoms with E-state index in [1.54, 1.807) is 0 Å². The molecule has 0 aliphatic heterocycles. The lowest BCUT2D eigenvalue weighted by Gasteiger charge is -2.06. The number of esters is 2. The van der Waals surface area contributed by atoms with Crippen LogP contribution in [0.5, 0.6) is 0 Å². The lowest BCUT2D eigenvalue weighted by atomic mass is 10.1. The summed E-state index contributed by atoms with van der Waals surface area (Å²) in [4.78, 5) is 23.5. The predicted molar refractivity (Wildman–Crippen MR) is 132 cm³/mol. The van der Waals surface area contributed by atoms with Crippen molar-refractivity contribution in [2.75, 3.05) is 13.2 Å². The van der Waals surface area contributed by atoms with E-state index in [1.165, 1.54) is 63.4 Å². The second kappa shape index (κ2) is 21.0. The number of rotatable bonds is 21. The first kappa shape index (κ1) is 28.2. The Labute approximate surface area is 196 Å². The smallest absolute Gasteiger partial charge is 0.305 e. The van der Waals surface area contributed by atoms with Crippen molar-refractivity contribution in [3.63, 3.8) is 0 Å². The molecule has 0 aliphatic carbocycles. The Kier molecular flexibility index (Phi) is 18.5. The highest BCUT2D eigenvalue weighted by Gasteiger charge is 2.05. The summed E-state index contributed by atoms with van der Waals surface area (Å²) in [5.74, 6) is -0.262. The van der Waals surface area contributed by atoms with Crippen molar-refractivity contribution in [3.05, 3.63) is 35.9 Å². The maximum atomic E-state index is 11.8. The van der Waals surface area contributed by atoms with Crippen LogP contribution in [0.25, 0.3) is 0 Å². The van der Waals surface area contributed by atoms with Gasteiger partial charge in [0, 0.05) is 19.3 Å². The Balaban J connectivity index is 1.81. The molecule has 0 spiro atoms. The fraction of sp³-hybridized carbons (Fsp3) is 0.714. The molecule has 0 saturated carbocycles. The lowest BCUT2D eigenvalue weighted by Crippen LogP contribution is -2.08. The molecule has 0 aromatic heterocycles. The van der Waals surface area contributed by atoms with E-state index in [1.807, 2.05) is 30.3 Å². The molecule has 1 aromatic rings. The first-order valence-electron chi connectivity index (χ1n) is 13.1. The zero-order valence-corrected chi connectivity index (χ0v) is 20.5. The molecule has 0 N–H and O–H groups in total. The molecule has 0 heterocycles. The average molecular weight is 447 g/mol. The van der Waals surface area contributed by atoms with E-state index in [0.29, 0.717) is 26.1 Å². The zero-order valence-electron chi connectivity index (χ0n) is 20.5. The Hall–Kier alpha value is -1.84. The Morgan fingerprint density at radius 3 is 1.62 bits per heavy atom. The molecule has 32 heavy (non-hydrogen) atoms. The summed E-state index contributed by atoms with van der Waals surface area (Å²) < 4.78 is 10.6. The van der Waals surface area contributed by atoms with Gasteiger partial charge in [0.05, 0.1) is 13.2 Å². The van der Waals surface area contributed by atoms with E-state index in [2.05, 4.69) is 6.92 Å². The summed E-state index contributed by atoms with van der Waals surface area (Å²) >= 11 is 0. The third kappa shape index (κ3) is 17.8. The van der Waals surface area contributed by atoms with Gasteiger partial charge < -0.3 is 9.47 Å². The van der Waals surface area contributed by atoms with Crippen LogP contribution in [-0.4, -0.2) is 25.2 Å². The van der Waals surface area contributed by atoms with Crippen LogP contribution in [0.1, 0.15) is 115 Å². The second-order valence-corrected chi connectivity index (χ2v) is 8.77. The standard InChI is InChI=1S/C28H46O4/c1-2-3-4-5-6-7-8-9-10-11-18-24-31-27(29)21-16-13-17-22-28(30)32-25-23-26-19-14-12-15-20-26/h12,14-15,19-20H,2-11,13,16-18,21-25H2,1H3. The quantitative estimate of drug-likeness (QED) is 0.144. The van der Waals surface area contributed by atoms with Crippen molar-refractivity contribution in [1.29, 1.82) is 0 Å². The van der Waals surface area contributed by atoms with Crippen LogP contribution in [0.2, 0.25) is 0 Å². The fourth-order valence-corrected chi connectivity index (χ4v) is 3.74. The first-order chi connectivity index (χ1) is 15.7. The van der Waals surface area contributed by atoms with Crippen molar-refractivity contribution in [2.45, 2.75) is 116 Å². The van der Waals surface area contributed by atoms with E-state index < -0.39 is 0 Å². The summed E-state index contributed by atoms with van der Waals surface area (Å²) in [6, 6.07) is 10.0. The van der Waals surface area contributed by atoms with Gasteiger partial charge in [-0.3, -0.25) is 9.59 Å². The third-order valence-electron chi connectivity index (χ3n) is 5.77. The van der Waals surface area contributed by atoms with Gasteiger partial charge in [-0.2, -0.15) is 0 Å². The minimum Gasteiger partial charge on any atom is -0.466 e. The molecule has 0 bridgehead atoms. The predicted octanol–water partition coefficient (Wildman–Crippen LogP) is 7.58. The normalized spacial score (nSPS) is 10.8. The van der Waals surface area contributed by atoms with Gasteiger partial charge in [0.2, 0.25) is 0 Å². The molecular weight excluding hydrogens is 400 g/mol. The van der Waals surface area contributed by atoms with E-state index in [0.717, 1.165) is 38.5 Å². The molecule has 0 amide bonds. The first-order valence-corrected chi connectivity index (χ1v) is 13.1. The highest BCUT2D eigenvalue weighted by atomic mass is 16.5.